The van der Waals surface area contributed by atoms with Crippen molar-refractivity contribution in [2.24, 2.45) is 0 Å². The molecule has 0 heterocycles. The lowest BCUT2D eigenvalue weighted by Gasteiger charge is -2.23. The summed E-state index contributed by atoms with van der Waals surface area (Å²) in [7, 11) is -3.61. The molecular formula is C15H16FNO3S. The number of halogens is 1. The third kappa shape index (κ3) is 3.80. The molecule has 0 spiro atoms. The predicted octanol–water partition coefficient (Wildman–Crippen LogP) is 2.28. The highest BCUT2D eigenvalue weighted by Gasteiger charge is 2.20. The standard InChI is InChI=1S/C15H16FNO3S/c1-21(19,20)17(15-5-3-2-4-14(15)16)10-12-6-8-13(11-18)9-7-12/h2-9,18H,10-11H2,1H3. The summed E-state index contributed by atoms with van der Waals surface area (Å²) in [6.45, 7) is -0.0468. The topological polar surface area (TPSA) is 57.6 Å². The van der Waals surface area contributed by atoms with Gasteiger partial charge in [-0.15, -0.1) is 0 Å². The lowest BCUT2D eigenvalue weighted by Crippen LogP contribution is -2.30. The Morgan fingerprint density at radius 2 is 1.62 bits per heavy atom. The van der Waals surface area contributed by atoms with Crippen LogP contribution in [0.5, 0.6) is 0 Å². The van der Waals surface area contributed by atoms with Crippen LogP contribution in [-0.2, 0) is 23.2 Å². The number of aliphatic hydroxyl groups is 1. The number of nitrogens with zero attached hydrogens (tertiary/aromatic N) is 1. The first-order chi connectivity index (χ1) is 9.91. The van der Waals surface area contributed by atoms with E-state index < -0.39 is 15.8 Å². The molecule has 0 amide bonds. The summed E-state index contributed by atoms with van der Waals surface area (Å²) in [6.07, 6.45) is 1.04. The van der Waals surface area contributed by atoms with Crippen molar-refractivity contribution in [1.82, 2.24) is 0 Å². The van der Waals surface area contributed by atoms with E-state index in [1.807, 2.05) is 0 Å². The molecule has 0 aliphatic carbocycles. The Balaban J connectivity index is 2.36. The highest BCUT2D eigenvalue weighted by atomic mass is 32.2. The van der Waals surface area contributed by atoms with Crippen LogP contribution in [0.15, 0.2) is 48.5 Å². The fourth-order valence-electron chi connectivity index (χ4n) is 1.95. The molecule has 1 N–H and O–H groups in total. The van der Waals surface area contributed by atoms with Gasteiger partial charge >= 0.3 is 0 Å². The summed E-state index contributed by atoms with van der Waals surface area (Å²) >= 11 is 0. The first-order valence-electron chi connectivity index (χ1n) is 6.33. The van der Waals surface area contributed by atoms with E-state index >= 15 is 0 Å². The van der Waals surface area contributed by atoms with Crippen molar-refractivity contribution in [3.05, 3.63) is 65.5 Å². The fourth-order valence-corrected chi connectivity index (χ4v) is 2.84. The molecule has 0 radical (unpaired) electrons. The molecule has 0 bridgehead atoms. The minimum Gasteiger partial charge on any atom is -0.392 e. The summed E-state index contributed by atoms with van der Waals surface area (Å²) in [5.74, 6) is -0.588. The van der Waals surface area contributed by atoms with Crippen LogP contribution < -0.4 is 4.31 Å². The molecule has 2 aromatic carbocycles. The Hall–Kier alpha value is -1.92. The molecule has 2 rings (SSSR count). The Morgan fingerprint density at radius 1 is 1.05 bits per heavy atom. The van der Waals surface area contributed by atoms with Crippen LogP contribution in [0.1, 0.15) is 11.1 Å². The second kappa shape index (κ2) is 6.24. The number of para-hydroxylation sites is 1. The molecule has 0 unspecified atom stereocenters. The van der Waals surface area contributed by atoms with Gasteiger partial charge in [0, 0.05) is 0 Å². The number of sulfonamides is 1. The molecular weight excluding hydrogens is 293 g/mol. The molecule has 6 heteroatoms. The van der Waals surface area contributed by atoms with Crippen LogP contribution in [0.3, 0.4) is 0 Å². The van der Waals surface area contributed by atoms with E-state index in [4.69, 9.17) is 5.11 Å². The van der Waals surface area contributed by atoms with E-state index in [0.29, 0.717) is 5.56 Å². The van der Waals surface area contributed by atoms with E-state index in [1.54, 1.807) is 30.3 Å². The highest BCUT2D eigenvalue weighted by molar-refractivity contribution is 7.92. The second-order valence-electron chi connectivity index (χ2n) is 4.70. The van der Waals surface area contributed by atoms with Gasteiger partial charge in [-0.3, -0.25) is 4.31 Å². The van der Waals surface area contributed by atoms with E-state index in [2.05, 4.69) is 0 Å². The first kappa shape index (κ1) is 15.5. The second-order valence-corrected chi connectivity index (χ2v) is 6.60. The molecule has 0 fully saturated rings. The van der Waals surface area contributed by atoms with Crippen LogP contribution in [0.2, 0.25) is 0 Å². The van der Waals surface area contributed by atoms with Crippen molar-refractivity contribution in [3.63, 3.8) is 0 Å². The lowest BCUT2D eigenvalue weighted by molar-refractivity contribution is 0.282. The summed E-state index contributed by atoms with van der Waals surface area (Å²) in [5.41, 5.74) is 1.46. The minimum absolute atomic E-state index is 0.0197. The molecule has 0 saturated heterocycles. The zero-order valence-electron chi connectivity index (χ0n) is 11.5. The third-order valence-electron chi connectivity index (χ3n) is 3.05. The molecule has 2 aromatic rings. The normalized spacial score (nSPS) is 11.4. The van der Waals surface area contributed by atoms with Crippen molar-refractivity contribution in [2.75, 3.05) is 10.6 Å². The average Bonchev–Trinajstić information content (AvgIpc) is 2.45. The van der Waals surface area contributed by atoms with Gasteiger partial charge in [-0.25, -0.2) is 12.8 Å². The summed E-state index contributed by atoms with van der Waals surface area (Å²) in [5, 5.41) is 9.00. The van der Waals surface area contributed by atoms with Crippen LogP contribution in [-0.4, -0.2) is 19.8 Å². The molecule has 4 nitrogen and oxygen atoms in total. The Bertz CT molecular complexity index is 714. The Kier molecular flexibility index (Phi) is 4.59. The van der Waals surface area contributed by atoms with Gasteiger partial charge in [0.2, 0.25) is 10.0 Å². The quantitative estimate of drug-likeness (QED) is 0.922. The highest BCUT2D eigenvalue weighted by Crippen LogP contribution is 2.23. The molecule has 0 atom stereocenters. The van der Waals surface area contributed by atoms with Gasteiger partial charge in [0.1, 0.15) is 5.82 Å². The maximum absolute atomic E-state index is 13.9. The van der Waals surface area contributed by atoms with Gasteiger partial charge in [-0.2, -0.15) is 0 Å². The molecule has 21 heavy (non-hydrogen) atoms. The number of hydrogen-bond donors (Lipinski definition) is 1. The van der Waals surface area contributed by atoms with Crippen LogP contribution in [0.25, 0.3) is 0 Å². The van der Waals surface area contributed by atoms with Gasteiger partial charge in [0.25, 0.3) is 0 Å². The largest absolute Gasteiger partial charge is 0.392 e. The lowest BCUT2D eigenvalue weighted by atomic mass is 10.1. The van der Waals surface area contributed by atoms with Gasteiger partial charge < -0.3 is 5.11 Å². The van der Waals surface area contributed by atoms with Crippen molar-refractivity contribution < 1.29 is 17.9 Å². The zero-order valence-corrected chi connectivity index (χ0v) is 12.3. The van der Waals surface area contributed by atoms with E-state index in [1.165, 1.54) is 18.2 Å². The van der Waals surface area contributed by atoms with Gasteiger partial charge in [0.15, 0.2) is 0 Å². The monoisotopic (exact) mass is 309 g/mol. The summed E-state index contributed by atoms with van der Waals surface area (Å²) < 4.78 is 38.7. The Labute approximate surface area is 123 Å². The fraction of sp³-hybridized carbons (Fsp3) is 0.200. The van der Waals surface area contributed by atoms with Crippen molar-refractivity contribution >= 4 is 15.7 Å². The molecule has 0 aliphatic heterocycles. The minimum atomic E-state index is -3.61. The smallest absolute Gasteiger partial charge is 0.232 e. The van der Waals surface area contributed by atoms with Crippen molar-refractivity contribution in [3.8, 4) is 0 Å². The van der Waals surface area contributed by atoms with Crippen molar-refractivity contribution in [2.45, 2.75) is 13.2 Å². The number of rotatable bonds is 5. The van der Waals surface area contributed by atoms with Gasteiger partial charge in [-0.1, -0.05) is 36.4 Å². The average molecular weight is 309 g/mol. The van der Waals surface area contributed by atoms with Crippen LogP contribution >= 0.6 is 0 Å². The van der Waals surface area contributed by atoms with E-state index in [0.717, 1.165) is 16.1 Å². The Morgan fingerprint density at radius 3 is 2.14 bits per heavy atom. The van der Waals surface area contributed by atoms with Crippen molar-refractivity contribution in [1.29, 1.82) is 0 Å². The summed E-state index contributed by atoms with van der Waals surface area (Å²) in [4.78, 5) is 0. The number of benzene rings is 2. The number of aliphatic hydroxyl groups excluding tert-OH is 1. The maximum Gasteiger partial charge on any atom is 0.232 e. The molecule has 0 aromatic heterocycles. The van der Waals surface area contributed by atoms with Gasteiger partial charge in [0.05, 0.1) is 25.1 Å². The zero-order chi connectivity index (χ0) is 15.5. The molecule has 0 saturated carbocycles. The maximum atomic E-state index is 13.9. The van der Waals surface area contributed by atoms with E-state index in [-0.39, 0.29) is 18.8 Å². The molecule has 112 valence electrons. The number of anilines is 1. The SMILES string of the molecule is CS(=O)(=O)N(Cc1ccc(CO)cc1)c1ccccc1F. The van der Waals surface area contributed by atoms with Gasteiger partial charge in [-0.05, 0) is 23.3 Å². The van der Waals surface area contributed by atoms with Crippen LogP contribution in [0, 0.1) is 5.82 Å². The first-order valence-corrected chi connectivity index (χ1v) is 8.17. The predicted molar refractivity (Wildman–Crippen MR) is 79.8 cm³/mol. The van der Waals surface area contributed by atoms with E-state index in [9.17, 15) is 12.8 Å². The van der Waals surface area contributed by atoms with Crippen LogP contribution in [0.4, 0.5) is 10.1 Å². The number of hydrogen-bond acceptors (Lipinski definition) is 3. The third-order valence-corrected chi connectivity index (χ3v) is 4.18. The molecule has 0 aliphatic rings. The summed E-state index contributed by atoms with van der Waals surface area (Å²) in [6, 6.07) is 12.6.